The Morgan fingerprint density at radius 1 is 0.909 bits per heavy atom. The smallest absolute Gasteiger partial charge is 0.276 e. The minimum Gasteiger partial charge on any atom is -0.493 e. The molecule has 0 aromatic heterocycles. The zero-order valence-electron chi connectivity index (χ0n) is 17.8. The van der Waals surface area contributed by atoms with Crippen LogP contribution in [0, 0.1) is 0 Å². The summed E-state index contributed by atoms with van der Waals surface area (Å²) in [7, 11) is 0. The van der Waals surface area contributed by atoms with Gasteiger partial charge in [-0.15, -0.1) is 0 Å². The van der Waals surface area contributed by atoms with Crippen LogP contribution < -0.4 is 25.6 Å². The van der Waals surface area contributed by atoms with Crippen molar-refractivity contribution in [2.75, 3.05) is 13.2 Å². The Kier molecular flexibility index (Phi) is 8.79. The molecule has 3 rings (SSSR count). The van der Waals surface area contributed by atoms with E-state index >= 15 is 0 Å². The van der Waals surface area contributed by atoms with Gasteiger partial charge in [0, 0.05) is 11.1 Å². The van der Waals surface area contributed by atoms with E-state index < -0.39 is 11.8 Å². The van der Waals surface area contributed by atoms with E-state index in [2.05, 4.69) is 32.1 Å². The molecule has 9 heteroatoms. The summed E-state index contributed by atoms with van der Waals surface area (Å²) < 4.78 is 11.8. The predicted molar refractivity (Wildman–Crippen MR) is 134 cm³/mol. The van der Waals surface area contributed by atoms with Crippen molar-refractivity contribution in [3.05, 3.63) is 82.8 Å². The molecule has 170 valence electrons. The first kappa shape index (κ1) is 24.2. The maximum absolute atomic E-state index is 12.4. The van der Waals surface area contributed by atoms with Crippen LogP contribution in [0.25, 0.3) is 11.1 Å². The van der Waals surface area contributed by atoms with Gasteiger partial charge in [-0.3, -0.25) is 25.8 Å². The van der Waals surface area contributed by atoms with Crippen molar-refractivity contribution in [3.8, 4) is 22.6 Å². The molecule has 0 radical (unpaired) electrons. The fraction of sp³-hybridized carbons (Fsp3) is 0.125. The lowest BCUT2D eigenvalue weighted by molar-refractivity contribution is -0.123. The zero-order valence-corrected chi connectivity index (χ0v) is 20.2. The van der Waals surface area contributed by atoms with Crippen LogP contribution in [0.4, 0.5) is 0 Å². The Bertz CT molecular complexity index is 1140. The first-order valence-electron chi connectivity index (χ1n) is 10.1. The number of carbonyl (C=O) groups is 2. The average molecular weight is 528 g/mol. The number of halogens is 1. The number of para-hydroxylation sites is 1. The first-order chi connectivity index (χ1) is 16.0. The summed E-state index contributed by atoms with van der Waals surface area (Å²) in [5.74, 6) is 0.323. The number of hydrogen-bond acceptors (Lipinski definition) is 5. The fourth-order valence-electron chi connectivity index (χ4n) is 2.88. The van der Waals surface area contributed by atoms with Crippen LogP contribution >= 0.6 is 28.1 Å². The van der Waals surface area contributed by atoms with Crippen molar-refractivity contribution in [1.82, 2.24) is 16.2 Å². The summed E-state index contributed by atoms with van der Waals surface area (Å²) >= 11 is 8.44. The van der Waals surface area contributed by atoms with Gasteiger partial charge in [-0.25, -0.2) is 0 Å². The number of rotatable bonds is 7. The second kappa shape index (κ2) is 12.0. The van der Waals surface area contributed by atoms with Crippen molar-refractivity contribution < 1.29 is 19.1 Å². The highest BCUT2D eigenvalue weighted by molar-refractivity contribution is 9.10. The monoisotopic (exact) mass is 527 g/mol. The predicted octanol–water partition coefficient (Wildman–Crippen LogP) is 4.23. The molecule has 0 heterocycles. The van der Waals surface area contributed by atoms with Crippen LogP contribution in [0.1, 0.15) is 17.3 Å². The molecule has 3 N–H and O–H groups in total. The number of carbonyl (C=O) groups excluding carboxylic acids is 2. The standard InChI is InChI=1S/C24H22BrN3O4S/c1-2-31-21-13-12-17(14-19(21)25)23(30)26-24(33)28-27-22(29)15-32-20-11-7-6-10-18(20)16-8-4-3-5-9-16/h3-14H,2,15H2,1H3,(H,27,29)(H2,26,28,30,33). The number of hydrazine groups is 1. The molecule has 0 spiro atoms. The van der Waals surface area contributed by atoms with Gasteiger partial charge >= 0.3 is 0 Å². The third-order valence-corrected chi connectivity index (χ3v) is 5.19. The third kappa shape index (κ3) is 7.03. The van der Waals surface area contributed by atoms with Gasteiger partial charge in [0.15, 0.2) is 11.7 Å². The molecular weight excluding hydrogens is 506 g/mol. The molecule has 0 bridgehead atoms. The molecule has 0 atom stereocenters. The van der Waals surface area contributed by atoms with Crippen LogP contribution in [-0.4, -0.2) is 30.1 Å². The number of hydrogen-bond donors (Lipinski definition) is 3. The van der Waals surface area contributed by atoms with E-state index in [1.54, 1.807) is 24.3 Å². The highest BCUT2D eigenvalue weighted by Gasteiger charge is 2.12. The third-order valence-electron chi connectivity index (χ3n) is 4.37. The average Bonchev–Trinajstić information content (AvgIpc) is 2.83. The van der Waals surface area contributed by atoms with E-state index in [-0.39, 0.29) is 11.7 Å². The van der Waals surface area contributed by atoms with Gasteiger partial charge < -0.3 is 9.47 Å². The second-order valence-electron chi connectivity index (χ2n) is 6.69. The van der Waals surface area contributed by atoms with Crippen LogP contribution in [-0.2, 0) is 4.79 Å². The molecule has 2 amide bonds. The molecule has 0 aliphatic rings. The number of benzene rings is 3. The second-order valence-corrected chi connectivity index (χ2v) is 7.95. The number of ether oxygens (including phenoxy) is 2. The summed E-state index contributed by atoms with van der Waals surface area (Å²) in [5, 5.41) is 2.45. The van der Waals surface area contributed by atoms with Crippen molar-refractivity contribution >= 4 is 45.1 Å². The van der Waals surface area contributed by atoms with Gasteiger partial charge in [0.25, 0.3) is 11.8 Å². The van der Waals surface area contributed by atoms with Crippen LogP contribution in [0.5, 0.6) is 11.5 Å². The molecule has 7 nitrogen and oxygen atoms in total. The summed E-state index contributed by atoms with van der Waals surface area (Å²) in [6, 6.07) is 22.1. The van der Waals surface area contributed by atoms with Crippen LogP contribution in [0.2, 0.25) is 0 Å². The van der Waals surface area contributed by atoms with E-state index in [0.717, 1.165) is 11.1 Å². The van der Waals surface area contributed by atoms with Crippen molar-refractivity contribution in [2.45, 2.75) is 6.92 Å². The molecule has 0 saturated carbocycles. The molecule has 3 aromatic rings. The molecule has 3 aromatic carbocycles. The normalized spacial score (nSPS) is 10.1. The van der Waals surface area contributed by atoms with Gasteiger partial charge in [0.1, 0.15) is 11.5 Å². The zero-order chi connectivity index (χ0) is 23.6. The summed E-state index contributed by atoms with van der Waals surface area (Å²) in [6.07, 6.45) is 0. The lowest BCUT2D eigenvalue weighted by Gasteiger charge is -2.13. The van der Waals surface area contributed by atoms with E-state index in [0.29, 0.717) is 28.1 Å². The first-order valence-corrected chi connectivity index (χ1v) is 11.3. The Labute approximate surface area is 205 Å². The molecule has 0 unspecified atom stereocenters. The Morgan fingerprint density at radius 3 is 2.36 bits per heavy atom. The molecule has 0 saturated heterocycles. The minimum absolute atomic E-state index is 0.0527. The van der Waals surface area contributed by atoms with E-state index in [1.165, 1.54) is 0 Å². The van der Waals surface area contributed by atoms with E-state index in [9.17, 15) is 9.59 Å². The molecule has 33 heavy (non-hydrogen) atoms. The highest BCUT2D eigenvalue weighted by atomic mass is 79.9. The molecule has 0 fully saturated rings. The molecule has 0 aliphatic heterocycles. The van der Waals surface area contributed by atoms with E-state index in [4.69, 9.17) is 21.7 Å². The maximum Gasteiger partial charge on any atom is 0.276 e. The highest BCUT2D eigenvalue weighted by Crippen LogP contribution is 2.29. The Balaban J connectivity index is 1.48. The SMILES string of the molecule is CCOc1ccc(C(=O)NC(=S)NNC(=O)COc2ccccc2-c2ccccc2)cc1Br. The number of nitrogens with one attached hydrogen (secondary N) is 3. The van der Waals surface area contributed by atoms with Crippen LogP contribution in [0.15, 0.2) is 77.3 Å². The maximum atomic E-state index is 12.4. The Morgan fingerprint density at radius 2 is 1.64 bits per heavy atom. The van der Waals surface area contributed by atoms with E-state index in [1.807, 2.05) is 55.5 Å². The molecule has 0 aliphatic carbocycles. The van der Waals surface area contributed by atoms with Gasteiger partial charge in [-0.2, -0.15) is 0 Å². The largest absolute Gasteiger partial charge is 0.493 e. The number of amides is 2. The summed E-state index contributed by atoms with van der Waals surface area (Å²) in [4.78, 5) is 24.5. The van der Waals surface area contributed by atoms with Gasteiger partial charge in [0.05, 0.1) is 11.1 Å². The topological polar surface area (TPSA) is 88.7 Å². The van der Waals surface area contributed by atoms with Crippen LogP contribution in [0.3, 0.4) is 0 Å². The van der Waals surface area contributed by atoms with Crippen molar-refractivity contribution in [2.24, 2.45) is 0 Å². The summed E-state index contributed by atoms with van der Waals surface area (Å²) in [6.45, 7) is 2.15. The minimum atomic E-state index is -0.460. The fourth-order valence-corrected chi connectivity index (χ4v) is 3.51. The van der Waals surface area contributed by atoms with Gasteiger partial charge in [0.2, 0.25) is 0 Å². The van der Waals surface area contributed by atoms with Gasteiger partial charge in [-0.05, 0) is 64.9 Å². The molecular formula is C24H22BrN3O4S. The number of thiocarbonyl (C=S) groups is 1. The van der Waals surface area contributed by atoms with Crippen molar-refractivity contribution in [1.29, 1.82) is 0 Å². The van der Waals surface area contributed by atoms with Crippen molar-refractivity contribution in [3.63, 3.8) is 0 Å². The lowest BCUT2D eigenvalue weighted by Crippen LogP contribution is -2.49. The summed E-state index contributed by atoms with van der Waals surface area (Å²) in [5.41, 5.74) is 7.14. The lowest BCUT2D eigenvalue weighted by atomic mass is 10.1. The van der Waals surface area contributed by atoms with Gasteiger partial charge in [-0.1, -0.05) is 48.5 Å². The Hall–Kier alpha value is -3.43. The quantitative estimate of drug-likeness (QED) is 0.314.